The predicted molar refractivity (Wildman–Crippen MR) is 114 cm³/mol. The van der Waals surface area contributed by atoms with E-state index in [0.717, 1.165) is 15.9 Å². The molecular weight excluding hydrogens is 408 g/mol. The molecule has 0 radical (unpaired) electrons. The lowest BCUT2D eigenvalue weighted by atomic mass is 9.99. The molecule has 3 N–H and O–H groups in total. The Labute approximate surface area is 176 Å². The molecule has 154 valence electrons. The maximum atomic E-state index is 12.5. The number of halogens is 1. The Bertz CT molecular complexity index is 1250. The standard InChI is InChI=1S/C21H19ClN4O4/c1-2-30-17-9-4-3-8-14(17)15-11-16(25-24-15)18-19(27)23-21(29)26(20(18)28)13-7-5-6-12(22)10-13/h3-10,15,24,28H,2,11H2,1H3,(H,23,27,29)/t15-/m0/s1. The number of hydrazone groups is 1. The van der Waals surface area contributed by atoms with Crippen molar-refractivity contribution in [2.45, 2.75) is 19.4 Å². The molecule has 0 fully saturated rings. The molecule has 9 heteroatoms. The average molecular weight is 427 g/mol. The summed E-state index contributed by atoms with van der Waals surface area (Å²) in [5, 5.41) is 15.5. The lowest BCUT2D eigenvalue weighted by Crippen LogP contribution is -2.33. The van der Waals surface area contributed by atoms with Crippen molar-refractivity contribution in [2.75, 3.05) is 6.61 Å². The Morgan fingerprint density at radius 3 is 2.80 bits per heavy atom. The number of hydrogen-bond acceptors (Lipinski definition) is 6. The van der Waals surface area contributed by atoms with Gasteiger partial charge in [0.25, 0.3) is 5.56 Å². The number of aromatic nitrogens is 2. The molecule has 0 saturated heterocycles. The van der Waals surface area contributed by atoms with Gasteiger partial charge in [-0.05, 0) is 31.2 Å². The highest BCUT2D eigenvalue weighted by Gasteiger charge is 2.29. The summed E-state index contributed by atoms with van der Waals surface area (Å²) >= 11 is 6.01. The quantitative estimate of drug-likeness (QED) is 0.581. The van der Waals surface area contributed by atoms with Gasteiger partial charge in [0.05, 0.1) is 24.0 Å². The Morgan fingerprint density at radius 1 is 1.23 bits per heavy atom. The van der Waals surface area contributed by atoms with Gasteiger partial charge in [-0.2, -0.15) is 5.10 Å². The van der Waals surface area contributed by atoms with Crippen LogP contribution in [0.4, 0.5) is 0 Å². The van der Waals surface area contributed by atoms with E-state index in [4.69, 9.17) is 16.3 Å². The molecular formula is C21H19ClN4O4. The number of ether oxygens (including phenoxy) is 1. The zero-order valence-corrected chi connectivity index (χ0v) is 16.8. The molecule has 1 aliphatic rings. The summed E-state index contributed by atoms with van der Waals surface area (Å²) in [5.41, 5.74) is 2.99. The fraction of sp³-hybridized carbons (Fsp3) is 0.190. The van der Waals surface area contributed by atoms with Gasteiger partial charge in [-0.1, -0.05) is 35.9 Å². The summed E-state index contributed by atoms with van der Waals surface area (Å²) in [7, 11) is 0. The first kappa shape index (κ1) is 19.8. The second-order valence-corrected chi connectivity index (χ2v) is 7.12. The van der Waals surface area contributed by atoms with E-state index < -0.39 is 17.1 Å². The monoisotopic (exact) mass is 426 g/mol. The summed E-state index contributed by atoms with van der Waals surface area (Å²) in [6.07, 6.45) is 0.328. The lowest BCUT2D eigenvalue weighted by molar-refractivity contribution is 0.332. The zero-order valence-electron chi connectivity index (χ0n) is 16.1. The molecule has 0 spiro atoms. The van der Waals surface area contributed by atoms with E-state index in [2.05, 4.69) is 15.5 Å². The van der Waals surface area contributed by atoms with Crippen molar-refractivity contribution in [2.24, 2.45) is 5.10 Å². The normalized spacial score (nSPS) is 15.5. The molecule has 1 aromatic heterocycles. The van der Waals surface area contributed by atoms with Crippen LogP contribution in [0.2, 0.25) is 5.02 Å². The summed E-state index contributed by atoms with van der Waals surface area (Å²) < 4.78 is 6.67. The van der Waals surface area contributed by atoms with Crippen molar-refractivity contribution in [3.05, 3.63) is 85.5 Å². The first-order chi connectivity index (χ1) is 14.5. The van der Waals surface area contributed by atoms with Crippen LogP contribution in [0.15, 0.2) is 63.2 Å². The van der Waals surface area contributed by atoms with Gasteiger partial charge in [-0.3, -0.25) is 9.78 Å². The number of nitrogens with one attached hydrogen (secondary N) is 2. The van der Waals surface area contributed by atoms with Gasteiger partial charge < -0.3 is 15.3 Å². The van der Waals surface area contributed by atoms with Crippen molar-refractivity contribution < 1.29 is 9.84 Å². The topological polar surface area (TPSA) is 109 Å². The summed E-state index contributed by atoms with van der Waals surface area (Å²) in [4.78, 5) is 27.1. The Morgan fingerprint density at radius 2 is 2.03 bits per heavy atom. The van der Waals surface area contributed by atoms with Gasteiger partial charge in [0.15, 0.2) is 0 Å². The van der Waals surface area contributed by atoms with E-state index in [0.29, 0.717) is 29.4 Å². The number of H-pyrrole nitrogens is 1. The highest BCUT2D eigenvalue weighted by atomic mass is 35.5. The molecule has 2 aromatic carbocycles. The second-order valence-electron chi connectivity index (χ2n) is 6.69. The van der Waals surface area contributed by atoms with Crippen molar-refractivity contribution in [3.63, 3.8) is 0 Å². The highest BCUT2D eigenvalue weighted by Crippen LogP contribution is 2.32. The third-order valence-electron chi connectivity index (χ3n) is 4.79. The van der Waals surface area contributed by atoms with E-state index >= 15 is 0 Å². The Balaban J connectivity index is 1.73. The molecule has 0 aliphatic carbocycles. The SMILES string of the molecule is CCOc1ccccc1[C@@H]1CC(c2c(O)n(-c3cccc(Cl)c3)c(=O)[nH]c2=O)=NN1. The number of para-hydroxylation sites is 1. The number of hydrogen-bond donors (Lipinski definition) is 3. The number of benzene rings is 2. The maximum absolute atomic E-state index is 12.5. The molecule has 0 bridgehead atoms. The van der Waals surface area contributed by atoms with Crippen LogP contribution >= 0.6 is 11.6 Å². The fourth-order valence-corrected chi connectivity index (χ4v) is 3.66. The van der Waals surface area contributed by atoms with Crippen LogP contribution in [0.3, 0.4) is 0 Å². The average Bonchev–Trinajstić information content (AvgIpc) is 3.18. The van der Waals surface area contributed by atoms with E-state index in [-0.39, 0.29) is 11.6 Å². The van der Waals surface area contributed by atoms with E-state index in [9.17, 15) is 14.7 Å². The van der Waals surface area contributed by atoms with Gasteiger partial charge in [0, 0.05) is 17.0 Å². The first-order valence-electron chi connectivity index (χ1n) is 9.38. The smallest absolute Gasteiger partial charge is 0.335 e. The zero-order chi connectivity index (χ0) is 21.3. The molecule has 30 heavy (non-hydrogen) atoms. The molecule has 1 aliphatic heterocycles. The molecule has 4 rings (SSSR count). The largest absolute Gasteiger partial charge is 0.494 e. The minimum Gasteiger partial charge on any atom is -0.494 e. The third kappa shape index (κ3) is 3.57. The second kappa shape index (κ2) is 8.08. The van der Waals surface area contributed by atoms with E-state index in [1.54, 1.807) is 18.2 Å². The van der Waals surface area contributed by atoms with Crippen molar-refractivity contribution in [1.82, 2.24) is 15.0 Å². The van der Waals surface area contributed by atoms with Crippen LogP contribution in [0, 0.1) is 0 Å². The molecule has 8 nitrogen and oxygen atoms in total. The van der Waals surface area contributed by atoms with E-state index in [1.165, 1.54) is 6.07 Å². The summed E-state index contributed by atoms with van der Waals surface area (Å²) in [5.74, 6) is 0.223. The van der Waals surface area contributed by atoms with Gasteiger partial charge >= 0.3 is 5.69 Å². The lowest BCUT2D eigenvalue weighted by Gasteiger charge is -2.15. The first-order valence-corrected chi connectivity index (χ1v) is 9.75. The Kier molecular flexibility index (Phi) is 5.33. The van der Waals surface area contributed by atoms with Crippen LogP contribution in [0.25, 0.3) is 5.69 Å². The minimum atomic E-state index is -0.770. The molecule has 2 heterocycles. The molecule has 0 unspecified atom stereocenters. The van der Waals surface area contributed by atoms with Crippen LogP contribution in [0.1, 0.15) is 30.5 Å². The summed E-state index contributed by atoms with van der Waals surface area (Å²) in [6, 6.07) is 13.7. The summed E-state index contributed by atoms with van der Waals surface area (Å²) in [6.45, 7) is 2.42. The van der Waals surface area contributed by atoms with Crippen LogP contribution in [-0.4, -0.2) is 27.0 Å². The Hall–Kier alpha value is -3.52. The molecule has 0 saturated carbocycles. The van der Waals surface area contributed by atoms with Gasteiger partial charge in [-0.15, -0.1) is 0 Å². The maximum Gasteiger partial charge on any atom is 0.335 e. The molecule has 0 amide bonds. The number of aromatic hydroxyl groups is 1. The third-order valence-corrected chi connectivity index (χ3v) is 5.02. The van der Waals surface area contributed by atoms with Gasteiger partial charge in [0.2, 0.25) is 5.88 Å². The van der Waals surface area contributed by atoms with Crippen LogP contribution in [-0.2, 0) is 0 Å². The van der Waals surface area contributed by atoms with E-state index in [1.807, 2.05) is 31.2 Å². The van der Waals surface area contributed by atoms with Gasteiger partial charge in [-0.25, -0.2) is 9.36 Å². The number of rotatable bonds is 5. The van der Waals surface area contributed by atoms with Gasteiger partial charge in [0.1, 0.15) is 11.3 Å². The fourth-order valence-electron chi connectivity index (χ4n) is 3.47. The van der Waals surface area contributed by atoms with Crippen LogP contribution < -0.4 is 21.4 Å². The number of nitrogens with zero attached hydrogens (tertiary/aromatic N) is 2. The van der Waals surface area contributed by atoms with Crippen molar-refractivity contribution in [3.8, 4) is 17.3 Å². The predicted octanol–water partition coefficient (Wildman–Crippen LogP) is 2.72. The number of aromatic amines is 1. The van der Waals surface area contributed by atoms with Crippen molar-refractivity contribution >= 4 is 17.3 Å². The molecule has 3 aromatic rings. The van der Waals surface area contributed by atoms with Crippen LogP contribution in [0.5, 0.6) is 11.6 Å². The molecule has 1 atom stereocenters. The minimum absolute atomic E-state index is 0.0709. The highest BCUT2D eigenvalue weighted by molar-refractivity contribution is 6.30. The van der Waals surface area contributed by atoms with Crippen molar-refractivity contribution in [1.29, 1.82) is 0 Å².